The van der Waals surface area contributed by atoms with Crippen molar-refractivity contribution in [3.63, 3.8) is 0 Å². The number of rotatable bonds is 8. The van der Waals surface area contributed by atoms with Gasteiger partial charge in [0.25, 0.3) is 5.91 Å². The van der Waals surface area contributed by atoms with E-state index in [2.05, 4.69) is 10.6 Å². The lowest BCUT2D eigenvalue weighted by Gasteiger charge is -2.28. The Balaban J connectivity index is 1.87. The lowest BCUT2D eigenvalue weighted by Crippen LogP contribution is -2.50. The van der Waals surface area contributed by atoms with Crippen LogP contribution in [0, 0.1) is 0 Å². The first kappa shape index (κ1) is 19.9. The molecule has 2 aromatic rings. The maximum Gasteiger partial charge on any atom is 0.251 e. The Kier molecular flexibility index (Phi) is 6.74. The third kappa shape index (κ3) is 5.56. The van der Waals surface area contributed by atoms with Gasteiger partial charge in [0.2, 0.25) is 0 Å². The molecule has 0 spiro atoms. The summed E-state index contributed by atoms with van der Waals surface area (Å²) in [6.45, 7) is 4.23. The molecule has 26 heavy (non-hydrogen) atoms. The number of benzene rings is 2. The van der Waals surface area contributed by atoms with Crippen molar-refractivity contribution >= 4 is 5.91 Å². The van der Waals surface area contributed by atoms with E-state index in [4.69, 9.17) is 0 Å². The van der Waals surface area contributed by atoms with Crippen LogP contribution in [0.5, 0.6) is 5.75 Å². The predicted octanol–water partition coefficient (Wildman–Crippen LogP) is 1.72. The zero-order chi connectivity index (χ0) is 19.2. The number of amides is 1. The Morgan fingerprint density at radius 1 is 1.15 bits per heavy atom. The van der Waals surface area contributed by atoms with E-state index in [0.29, 0.717) is 23.2 Å². The van der Waals surface area contributed by atoms with Crippen LogP contribution in [0.2, 0.25) is 0 Å². The summed E-state index contributed by atoms with van der Waals surface area (Å²) in [5.41, 5.74) is 1.14. The molecule has 2 rings (SSSR count). The number of aliphatic hydroxyl groups excluding tert-OH is 2. The van der Waals surface area contributed by atoms with Gasteiger partial charge in [-0.05, 0) is 43.7 Å². The molecule has 0 aliphatic carbocycles. The van der Waals surface area contributed by atoms with Gasteiger partial charge in [-0.3, -0.25) is 4.79 Å². The molecular formula is C20H26N2O4. The summed E-state index contributed by atoms with van der Waals surface area (Å²) in [4.78, 5) is 12.1. The number of hydrogen-bond donors (Lipinski definition) is 5. The van der Waals surface area contributed by atoms with Crippen molar-refractivity contribution in [1.29, 1.82) is 0 Å². The number of aliphatic hydroxyl groups is 2. The lowest BCUT2D eigenvalue weighted by atomic mass is 10.0. The van der Waals surface area contributed by atoms with Gasteiger partial charge in [0, 0.05) is 29.8 Å². The van der Waals surface area contributed by atoms with E-state index >= 15 is 0 Å². The van der Waals surface area contributed by atoms with Gasteiger partial charge in [-0.25, -0.2) is 0 Å². The number of aromatic hydroxyl groups is 1. The first-order valence-corrected chi connectivity index (χ1v) is 8.51. The number of β-amino-alcohol motifs (C(OH)–C–C–N with tert-alkyl or cyclic N) is 1. The Labute approximate surface area is 153 Å². The van der Waals surface area contributed by atoms with Crippen LogP contribution in [0.3, 0.4) is 0 Å². The third-order valence-electron chi connectivity index (χ3n) is 4.16. The van der Waals surface area contributed by atoms with Gasteiger partial charge in [0.1, 0.15) is 5.75 Å². The SMILES string of the molecule is CC(C)(CNC(=O)c1ccccc1)NC[C@H](O)c1ccc(O)c(CO)c1. The number of nitrogens with one attached hydrogen (secondary N) is 2. The van der Waals surface area contributed by atoms with Gasteiger partial charge in [0.05, 0.1) is 12.7 Å². The minimum atomic E-state index is -0.801. The predicted molar refractivity (Wildman–Crippen MR) is 99.8 cm³/mol. The Morgan fingerprint density at radius 3 is 2.50 bits per heavy atom. The molecule has 6 nitrogen and oxygen atoms in total. The Morgan fingerprint density at radius 2 is 1.85 bits per heavy atom. The van der Waals surface area contributed by atoms with Crippen LogP contribution in [0.1, 0.15) is 41.4 Å². The normalized spacial score (nSPS) is 12.6. The average molecular weight is 358 g/mol. The van der Waals surface area contributed by atoms with Crippen LogP contribution in [0.15, 0.2) is 48.5 Å². The smallest absolute Gasteiger partial charge is 0.251 e. The largest absolute Gasteiger partial charge is 0.508 e. The molecule has 6 heteroatoms. The highest BCUT2D eigenvalue weighted by atomic mass is 16.3. The van der Waals surface area contributed by atoms with Crippen molar-refractivity contribution in [2.75, 3.05) is 13.1 Å². The van der Waals surface area contributed by atoms with Crippen molar-refractivity contribution in [3.05, 3.63) is 65.2 Å². The monoisotopic (exact) mass is 358 g/mol. The van der Waals surface area contributed by atoms with Crippen molar-refractivity contribution in [2.24, 2.45) is 0 Å². The summed E-state index contributed by atoms with van der Waals surface area (Å²) in [5, 5.41) is 35.2. The number of hydrogen-bond acceptors (Lipinski definition) is 5. The molecule has 0 radical (unpaired) electrons. The van der Waals surface area contributed by atoms with Gasteiger partial charge in [-0.2, -0.15) is 0 Å². The minimum Gasteiger partial charge on any atom is -0.508 e. The van der Waals surface area contributed by atoms with Gasteiger partial charge < -0.3 is 26.0 Å². The number of carbonyl (C=O) groups excluding carboxylic acids is 1. The van der Waals surface area contributed by atoms with E-state index in [1.54, 1.807) is 24.3 Å². The lowest BCUT2D eigenvalue weighted by molar-refractivity contribution is 0.0939. The second-order valence-electron chi connectivity index (χ2n) is 6.88. The molecule has 0 saturated heterocycles. The molecule has 1 amide bonds. The van der Waals surface area contributed by atoms with Crippen molar-refractivity contribution in [1.82, 2.24) is 10.6 Å². The molecule has 0 saturated carbocycles. The Hall–Kier alpha value is -2.41. The molecular weight excluding hydrogens is 332 g/mol. The number of phenols is 1. The summed E-state index contributed by atoms with van der Waals surface area (Å²) in [6, 6.07) is 13.6. The molecule has 0 fully saturated rings. The van der Waals surface area contributed by atoms with E-state index in [-0.39, 0.29) is 24.8 Å². The highest BCUT2D eigenvalue weighted by molar-refractivity contribution is 5.94. The zero-order valence-electron chi connectivity index (χ0n) is 15.1. The molecule has 0 aliphatic heterocycles. The first-order chi connectivity index (χ1) is 12.3. The number of carbonyl (C=O) groups is 1. The third-order valence-corrected chi connectivity index (χ3v) is 4.16. The van der Waals surface area contributed by atoms with E-state index in [1.165, 1.54) is 6.07 Å². The van der Waals surface area contributed by atoms with Crippen LogP contribution in [0.25, 0.3) is 0 Å². The van der Waals surface area contributed by atoms with Crippen molar-refractivity contribution in [2.45, 2.75) is 32.1 Å². The van der Waals surface area contributed by atoms with Crippen molar-refractivity contribution < 1.29 is 20.1 Å². The van der Waals surface area contributed by atoms with Crippen LogP contribution in [0.4, 0.5) is 0 Å². The highest BCUT2D eigenvalue weighted by Crippen LogP contribution is 2.22. The molecule has 0 unspecified atom stereocenters. The van der Waals surface area contributed by atoms with E-state index < -0.39 is 11.6 Å². The van der Waals surface area contributed by atoms with Crippen LogP contribution in [-0.4, -0.2) is 39.9 Å². The summed E-state index contributed by atoms with van der Waals surface area (Å²) in [7, 11) is 0. The second-order valence-corrected chi connectivity index (χ2v) is 6.88. The zero-order valence-corrected chi connectivity index (χ0v) is 15.1. The van der Waals surface area contributed by atoms with Gasteiger partial charge in [-0.1, -0.05) is 24.3 Å². The average Bonchev–Trinajstić information content (AvgIpc) is 2.65. The summed E-state index contributed by atoms with van der Waals surface area (Å²) in [6.07, 6.45) is -0.801. The topological polar surface area (TPSA) is 102 Å². The van der Waals surface area contributed by atoms with E-state index in [0.717, 1.165) is 0 Å². The highest BCUT2D eigenvalue weighted by Gasteiger charge is 2.20. The van der Waals surface area contributed by atoms with Crippen LogP contribution in [-0.2, 0) is 6.61 Å². The fourth-order valence-corrected chi connectivity index (χ4v) is 2.49. The second kappa shape index (κ2) is 8.80. The molecule has 5 N–H and O–H groups in total. The van der Waals surface area contributed by atoms with Gasteiger partial charge in [0.15, 0.2) is 0 Å². The van der Waals surface area contributed by atoms with E-state index in [9.17, 15) is 20.1 Å². The standard InChI is InChI=1S/C20H26N2O4/c1-20(2,13-21-19(26)14-6-4-3-5-7-14)22-11-18(25)15-8-9-17(24)16(10-15)12-23/h3-10,18,22-25H,11-13H2,1-2H3,(H,21,26)/t18-/m0/s1. The van der Waals surface area contributed by atoms with Crippen LogP contribution >= 0.6 is 0 Å². The van der Waals surface area contributed by atoms with Crippen molar-refractivity contribution in [3.8, 4) is 5.75 Å². The maximum absolute atomic E-state index is 12.1. The molecule has 140 valence electrons. The molecule has 0 bridgehead atoms. The maximum atomic E-state index is 12.1. The van der Waals surface area contributed by atoms with E-state index in [1.807, 2.05) is 32.0 Å². The summed E-state index contributed by atoms with van der Waals surface area (Å²) in [5.74, 6) is -0.146. The molecule has 0 heterocycles. The quantitative estimate of drug-likeness (QED) is 0.495. The minimum absolute atomic E-state index is 0.000336. The Bertz CT molecular complexity index is 732. The summed E-state index contributed by atoms with van der Waals surface area (Å²) >= 11 is 0. The molecule has 1 atom stereocenters. The molecule has 2 aromatic carbocycles. The molecule has 0 aliphatic rings. The van der Waals surface area contributed by atoms with Crippen LogP contribution < -0.4 is 10.6 Å². The van der Waals surface area contributed by atoms with Gasteiger partial charge in [-0.15, -0.1) is 0 Å². The summed E-state index contributed by atoms with van der Waals surface area (Å²) < 4.78 is 0. The molecule has 0 aromatic heterocycles. The first-order valence-electron chi connectivity index (χ1n) is 8.51. The fourth-order valence-electron chi connectivity index (χ4n) is 2.49. The fraction of sp³-hybridized carbons (Fsp3) is 0.350. The van der Waals surface area contributed by atoms with Gasteiger partial charge >= 0.3 is 0 Å².